The van der Waals surface area contributed by atoms with Crippen molar-refractivity contribution in [2.45, 2.75) is 12.0 Å². The topological polar surface area (TPSA) is 60.5 Å². The minimum absolute atomic E-state index is 0.154. The van der Waals surface area contributed by atoms with Crippen LogP contribution in [-0.4, -0.2) is 43.4 Å². The van der Waals surface area contributed by atoms with Crippen LogP contribution in [0.5, 0.6) is 0 Å². The number of carbonyl (C=O) groups is 1. The van der Waals surface area contributed by atoms with Gasteiger partial charge in [0.25, 0.3) is 5.91 Å². The number of carbonyl (C=O) groups excluding carboxylic acids is 1. The van der Waals surface area contributed by atoms with Gasteiger partial charge in [0, 0.05) is 32.9 Å². The summed E-state index contributed by atoms with van der Waals surface area (Å²) in [5, 5.41) is 2.85. The number of nitrogens with one attached hydrogen (secondary N) is 1. The number of halogens is 1. The maximum absolute atomic E-state index is 11.9. The molecule has 0 saturated carbocycles. The first kappa shape index (κ1) is 13.5. The van der Waals surface area contributed by atoms with Crippen molar-refractivity contribution in [3.63, 3.8) is 0 Å². The number of methoxy groups -OCH3 is 1. The molecular formula is C12H15BrN2O3. The Kier molecular flexibility index (Phi) is 4.31. The summed E-state index contributed by atoms with van der Waals surface area (Å²) in [6.07, 6.45) is 2.33. The van der Waals surface area contributed by atoms with Crippen molar-refractivity contribution in [2.75, 3.05) is 26.9 Å². The maximum Gasteiger partial charge on any atom is 0.252 e. The third-order valence-electron chi connectivity index (χ3n) is 3.06. The van der Waals surface area contributed by atoms with Crippen LogP contribution in [0.3, 0.4) is 0 Å². The minimum atomic E-state index is -0.390. The first-order valence-electron chi connectivity index (χ1n) is 5.68. The van der Waals surface area contributed by atoms with Crippen LogP contribution in [0.15, 0.2) is 22.9 Å². The average molecular weight is 315 g/mol. The van der Waals surface area contributed by atoms with E-state index in [1.807, 2.05) is 0 Å². The lowest BCUT2D eigenvalue weighted by atomic mass is 10.0. The summed E-state index contributed by atoms with van der Waals surface area (Å²) in [4.78, 5) is 15.9. The third-order valence-corrected chi connectivity index (χ3v) is 3.53. The molecule has 5 nitrogen and oxygen atoms in total. The molecule has 1 saturated heterocycles. The molecular weight excluding hydrogens is 300 g/mol. The Morgan fingerprint density at radius 1 is 1.67 bits per heavy atom. The number of amides is 1. The van der Waals surface area contributed by atoms with E-state index >= 15 is 0 Å². The Labute approximate surface area is 114 Å². The molecule has 1 aromatic rings. The van der Waals surface area contributed by atoms with Gasteiger partial charge in [0.2, 0.25) is 0 Å². The molecule has 18 heavy (non-hydrogen) atoms. The lowest BCUT2D eigenvalue weighted by Gasteiger charge is -2.25. The molecule has 0 radical (unpaired) electrons. The van der Waals surface area contributed by atoms with Crippen LogP contribution in [-0.2, 0) is 9.47 Å². The van der Waals surface area contributed by atoms with Crippen molar-refractivity contribution in [3.05, 3.63) is 28.5 Å². The molecule has 1 amide bonds. The number of hydrogen-bond acceptors (Lipinski definition) is 4. The van der Waals surface area contributed by atoms with Gasteiger partial charge in [0.1, 0.15) is 10.2 Å². The van der Waals surface area contributed by atoms with E-state index in [9.17, 15) is 4.79 Å². The van der Waals surface area contributed by atoms with Crippen molar-refractivity contribution in [3.8, 4) is 0 Å². The number of pyridine rings is 1. The Balaban J connectivity index is 1.93. The van der Waals surface area contributed by atoms with E-state index in [2.05, 4.69) is 26.2 Å². The van der Waals surface area contributed by atoms with Crippen LogP contribution in [0.25, 0.3) is 0 Å². The fourth-order valence-corrected chi connectivity index (χ4v) is 2.05. The van der Waals surface area contributed by atoms with E-state index in [1.165, 1.54) is 6.20 Å². The van der Waals surface area contributed by atoms with Crippen LogP contribution >= 0.6 is 15.9 Å². The summed E-state index contributed by atoms with van der Waals surface area (Å²) in [7, 11) is 1.64. The number of ether oxygens (including phenoxy) is 2. The van der Waals surface area contributed by atoms with Gasteiger partial charge in [-0.2, -0.15) is 0 Å². The molecule has 1 aliphatic heterocycles. The fourth-order valence-electron chi connectivity index (χ4n) is 1.81. The zero-order chi connectivity index (χ0) is 13.0. The van der Waals surface area contributed by atoms with E-state index in [1.54, 1.807) is 19.2 Å². The van der Waals surface area contributed by atoms with Crippen LogP contribution < -0.4 is 5.32 Å². The minimum Gasteiger partial charge on any atom is -0.378 e. The zero-order valence-corrected chi connectivity index (χ0v) is 11.7. The van der Waals surface area contributed by atoms with Crippen molar-refractivity contribution in [1.82, 2.24) is 10.3 Å². The Bertz CT molecular complexity index is 416. The van der Waals surface area contributed by atoms with Gasteiger partial charge < -0.3 is 14.8 Å². The van der Waals surface area contributed by atoms with Crippen molar-refractivity contribution in [2.24, 2.45) is 0 Å². The normalized spacial score (nSPS) is 23.0. The van der Waals surface area contributed by atoms with Gasteiger partial charge in [-0.1, -0.05) is 0 Å². The lowest BCUT2D eigenvalue weighted by Crippen LogP contribution is -2.45. The van der Waals surface area contributed by atoms with Gasteiger partial charge >= 0.3 is 0 Å². The van der Waals surface area contributed by atoms with Crippen LogP contribution in [0.1, 0.15) is 16.8 Å². The summed E-state index contributed by atoms with van der Waals surface area (Å²) < 4.78 is 11.5. The first-order chi connectivity index (χ1) is 8.65. The second kappa shape index (κ2) is 5.77. The second-order valence-electron chi connectivity index (χ2n) is 4.24. The first-order valence-corrected chi connectivity index (χ1v) is 6.47. The maximum atomic E-state index is 11.9. The summed E-state index contributed by atoms with van der Waals surface area (Å²) in [6.45, 7) is 1.63. The highest BCUT2D eigenvalue weighted by molar-refractivity contribution is 9.10. The number of aromatic nitrogens is 1. The fraction of sp³-hybridized carbons (Fsp3) is 0.500. The van der Waals surface area contributed by atoms with Gasteiger partial charge in [-0.3, -0.25) is 4.79 Å². The second-order valence-corrected chi connectivity index (χ2v) is 5.05. The summed E-state index contributed by atoms with van der Waals surface area (Å²) in [5.41, 5.74) is 0.140. The SMILES string of the molecule is COC1(CNC(=O)c2ccc(Br)nc2)CCOC1. The number of hydrogen-bond donors (Lipinski definition) is 1. The highest BCUT2D eigenvalue weighted by Crippen LogP contribution is 2.21. The van der Waals surface area contributed by atoms with Gasteiger partial charge in [0.15, 0.2) is 0 Å². The average Bonchev–Trinajstić information content (AvgIpc) is 2.86. The molecule has 1 atom stereocenters. The van der Waals surface area contributed by atoms with Crippen molar-refractivity contribution >= 4 is 21.8 Å². The van der Waals surface area contributed by atoms with E-state index in [0.717, 1.165) is 6.42 Å². The standard InChI is InChI=1S/C12H15BrN2O3/c1-17-12(4-5-18-8-12)7-15-11(16)9-2-3-10(13)14-6-9/h2-3,6H,4-5,7-8H2,1H3,(H,15,16). The Hall–Kier alpha value is -0.980. The number of nitrogens with zero attached hydrogens (tertiary/aromatic N) is 1. The Morgan fingerprint density at radius 2 is 2.50 bits per heavy atom. The van der Waals surface area contributed by atoms with Gasteiger partial charge in [-0.05, 0) is 28.1 Å². The van der Waals surface area contributed by atoms with Gasteiger partial charge in [-0.25, -0.2) is 4.98 Å². The third kappa shape index (κ3) is 3.07. The summed E-state index contributed by atoms with van der Waals surface area (Å²) in [6, 6.07) is 3.46. The van der Waals surface area contributed by atoms with Crippen molar-refractivity contribution < 1.29 is 14.3 Å². The van der Waals surface area contributed by atoms with E-state index in [-0.39, 0.29) is 5.91 Å². The largest absolute Gasteiger partial charge is 0.378 e. The predicted molar refractivity (Wildman–Crippen MR) is 69.4 cm³/mol. The molecule has 1 N–H and O–H groups in total. The molecule has 6 heteroatoms. The van der Waals surface area contributed by atoms with E-state index in [0.29, 0.717) is 29.9 Å². The van der Waals surface area contributed by atoms with E-state index < -0.39 is 5.60 Å². The predicted octanol–water partition coefficient (Wildman–Crippen LogP) is 1.38. The highest BCUT2D eigenvalue weighted by atomic mass is 79.9. The number of rotatable bonds is 4. The van der Waals surface area contributed by atoms with Crippen LogP contribution in [0, 0.1) is 0 Å². The smallest absolute Gasteiger partial charge is 0.252 e. The molecule has 2 heterocycles. The molecule has 98 valence electrons. The molecule has 0 aromatic carbocycles. The molecule has 0 bridgehead atoms. The monoisotopic (exact) mass is 314 g/mol. The molecule has 1 aliphatic rings. The quantitative estimate of drug-likeness (QED) is 0.853. The van der Waals surface area contributed by atoms with Gasteiger partial charge in [0.05, 0.1) is 12.2 Å². The summed E-state index contributed by atoms with van der Waals surface area (Å²) >= 11 is 3.23. The molecule has 1 fully saturated rings. The molecule has 0 aliphatic carbocycles. The molecule has 1 unspecified atom stereocenters. The highest BCUT2D eigenvalue weighted by Gasteiger charge is 2.35. The zero-order valence-electron chi connectivity index (χ0n) is 10.1. The molecule has 1 aromatic heterocycles. The van der Waals surface area contributed by atoms with Crippen molar-refractivity contribution in [1.29, 1.82) is 0 Å². The van der Waals surface area contributed by atoms with Crippen LogP contribution in [0.2, 0.25) is 0 Å². The van der Waals surface area contributed by atoms with Crippen LogP contribution in [0.4, 0.5) is 0 Å². The van der Waals surface area contributed by atoms with Gasteiger partial charge in [-0.15, -0.1) is 0 Å². The Morgan fingerprint density at radius 3 is 3.06 bits per heavy atom. The molecule has 0 spiro atoms. The lowest BCUT2D eigenvalue weighted by molar-refractivity contribution is -0.0148. The van der Waals surface area contributed by atoms with E-state index in [4.69, 9.17) is 9.47 Å². The summed E-state index contributed by atoms with van der Waals surface area (Å²) in [5.74, 6) is -0.154. The molecule has 2 rings (SSSR count).